The summed E-state index contributed by atoms with van der Waals surface area (Å²) < 4.78 is 9.78. The predicted molar refractivity (Wildman–Crippen MR) is 89.1 cm³/mol. The molecule has 2 amide bonds. The van der Waals surface area contributed by atoms with Crippen LogP contribution in [0.15, 0.2) is 41.1 Å². The maximum atomic E-state index is 11.6. The van der Waals surface area contributed by atoms with E-state index in [4.69, 9.17) is 20.8 Å². The maximum absolute atomic E-state index is 11.6. The number of aromatic nitrogens is 1. The fraction of sp³-hybridized carbons (Fsp3) is 0.250. The van der Waals surface area contributed by atoms with Crippen LogP contribution in [-0.4, -0.2) is 35.9 Å². The summed E-state index contributed by atoms with van der Waals surface area (Å²) in [5.74, 6) is -0.880. The molecule has 8 nitrogen and oxygen atoms in total. The summed E-state index contributed by atoms with van der Waals surface area (Å²) in [7, 11) is 0. The zero-order valence-electron chi connectivity index (χ0n) is 13.2. The summed E-state index contributed by atoms with van der Waals surface area (Å²) in [4.78, 5) is 38.6. The molecule has 0 bridgehead atoms. The molecule has 0 aliphatic carbocycles. The third-order valence-corrected chi connectivity index (χ3v) is 3.17. The van der Waals surface area contributed by atoms with Gasteiger partial charge < -0.3 is 19.8 Å². The van der Waals surface area contributed by atoms with Crippen molar-refractivity contribution in [2.24, 2.45) is 0 Å². The summed E-state index contributed by atoms with van der Waals surface area (Å²) in [6.45, 7) is -0.128. The molecule has 2 aromatic heterocycles. The van der Waals surface area contributed by atoms with Crippen LogP contribution in [0.4, 0.5) is 5.82 Å². The van der Waals surface area contributed by atoms with Gasteiger partial charge in [-0.2, -0.15) is 0 Å². The van der Waals surface area contributed by atoms with Crippen LogP contribution < -0.4 is 10.6 Å². The van der Waals surface area contributed by atoms with Gasteiger partial charge in [0.25, 0.3) is 11.8 Å². The number of furan rings is 1. The van der Waals surface area contributed by atoms with E-state index in [1.54, 1.807) is 12.1 Å². The van der Waals surface area contributed by atoms with Gasteiger partial charge in [0.2, 0.25) is 0 Å². The first-order chi connectivity index (χ1) is 12.0. The molecule has 0 saturated heterocycles. The summed E-state index contributed by atoms with van der Waals surface area (Å²) in [6, 6.07) is 6.26. The monoisotopic (exact) mass is 365 g/mol. The molecule has 2 rings (SSSR count). The van der Waals surface area contributed by atoms with E-state index in [0.29, 0.717) is 17.3 Å². The average Bonchev–Trinajstić information content (AvgIpc) is 3.13. The molecule has 2 aromatic rings. The Morgan fingerprint density at radius 3 is 2.76 bits per heavy atom. The quantitative estimate of drug-likeness (QED) is 0.547. The number of nitrogens with zero attached hydrogens (tertiary/aromatic N) is 1. The van der Waals surface area contributed by atoms with Gasteiger partial charge in [-0.15, -0.1) is 0 Å². The molecule has 0 atom stereocenters. The molecule has 132 valence electrons. The van der Waals surface area contributed by atoms with Gasteiger partial charge in [0, 0.05) is 19.2 Å². The van der Waals surface area contributed by atoms with Crippen LogP contribution in [0.2, 0.25) is 5.02 Å². The van der Waals surface area contributed by atoms with Gasteiger partial charge in [-0.3, -0.25) is 14.4 Å². The lowest BCUT2D eigenvalue weighted by Gasteiger charge is -2.06. The van der Waals surface area contributed by atoms with Crippen LogP contribution in [0.25, 0.3) is 0 Å². The molecule has 0 spiro atoms. The number of anilines is 1. The van der Waals surface area contributed by atoms with Gasteiger partial charge in [-0.25, -0.2) is 4.98 Å². The molecule has 0 radical (unpaired) electrons. The van der Waals surface area contributed by atoms with Crippen LogP contribution in [0.5, 0.6) is 0 Å². The van der Waals surface area contributed by atoms with E-state index in [2.05, 4.69) is 15.6 Å². The highest BCUT2D eigenvalue weighted by molar-refractivity contribution is 6.30. The van der Waals surface area contributed by atoms with Crippen LogP contribution >= 0.6 is 11.6 Å². The lowest BCUT2D eigenvalue weighted by atomic mass is 10.3. The van der Waals surface area contributed by atoms with Crippen molar-refractivity contribution in [1.82, 2.24) is 10.3 Å². The van der Waals surface area contributed by atoms with Gasteiger partial charge in [0.05, 0.1) is 11.3 Å². The van der Waals surface area contributed by atoms with Gasteiger partial charge in [-0.1, -0.05) is 11.6 Å². The Balaban J connectivity index is 1.58. The van der Waals surface area contributed by atoms with Crippen molar-refractivity contribution in [3.05, 3.63) is 47.5 Å². The molecule has 0 aliphatic rings. The Morgan fingerprint density at radius 1 is 1.24 bits per heavy atom. The zero-order chi connectivity index (χ0) is 18.1. The Labute approximate surface area is 148 Å². The van der Waals surface area contributed by atoms with E-state index >= 15 is 0 Å². The largest absolute Gasteiger partial charge is 0.459 e. The minimum absolute atomic E-state index is 0.0743. The van der Waals surface area contributed by atoms with Gasteiger partial charge in [-0.05, 0) is 30.7 Å². The van der Waals surface area contributed by atoms with Crippen molar-refractivity contribution in [3.63, 3.8) is 0 Å². The number of pyridine rings is 1. The summed E-state index contributed by atoms with van der Waals surface area (Å²) in [5.41, 5.74) is 0. The topological polar surface area (TPSA) is 111 Å². The van der Waals surface area contributed by atoms with Crippen molar-refractivity contribution in [2.75, 3.05) is 18.5 Å². The van der Waals surface area contributed by atoms with E-state index < -0.39 is 18.5 Å². The highest BCUT2D eigenvalue weighted by Crippen LogP contribution is 2.09. The number of rotatable bonds is 8. The first kappa shape index (κ1) is 18.5. The van der Waals surface area contributed by atoms with Crippen molar-refractivity contribution in [3.8, 4) is 0 Å². The first-order valence-corrected chi connectivity index (χ1v) is 7.81. The number of carbonyl (C=O) groups is 3. The third-order valence-electron chi connectivity index (χ3n) is 2.95. The minimum Gasteiger partial charge on any atom is -0.459 e. The fourth-order valence-corrected chi connectivity index (χ4v) is 1.89. The summed E-state index contributed by atoms with van der Waals surface area (Å²) in [5, 5.41) is 5.52. The smallest absolute Gasteiger partial charge is 0.306 e. The number of amides is 2. The Morgan fingerprint density at radius 2 is 2.08 bits per heavy atom. The number of carbonyl (C=O) groups excluding carboxylic acids is 3. The van der Waals surface area contributed by atoms with Gasteiger partial charge in [0.1, 0.15) is 5.82 Å². The lowest BCUT2D eigenvalue weighted by Crippen LogP contribution is -2.25. The second kappa shape index (κ2) is 9.43. The van der Waals surface area contributed by atoms with Crippen LogP contribution in [0.1, 0.15) is 23.4 Å². The highest BCUT2D eigenvalue weighted by atomic mass is 35.5. The van der Waals surface area contributed by atoms with E-state index in [9.17, 15) is 14.4 Å². The van der Waals surface area contributed by atoms with E-state index in [1.807, 2.05) is 0 Å². The van der Waals surface area contributed by atoms with Crippen molar-refractivity contribution >= 4 is 35.2 Å². The number of nitrogens with one attached hydrogen (secondary N) is 2. The highest BCUT2D eigenvalue weighted by Gasteiger charge is 2.10. The molecule has 25 heavy (non-hydrogen) atoms. The minimum atomic E-state index is -0.536. The number of hydrogen-bond donors (Lipinski definition) is 2. The molecule has 0 saturated carbocycles. The van der Waals surface area contributed by atoms with Crippen LogP contribution in [-0.2, 0) is 14.3 Å². The SMILES string of the molecule is O=C(COC(=O)CCCNC(=O)c1ccco1)Nc1ccc(Cl)cn1. The predicted octanol–water partition coefficient (Wildman–Crippen LogP) is 2.02. The summed E-state index contributed by atoms with van der Waals surface area (Å²) >= 11 is 5.68. The lowest BCUT2D eigenvalue weighted by molar-refractivity contribution is -0.147. The molecule has 9 heteroatoms. The third kappa shape index (κ3) is 6.64. The maximum Gasteiger partial charge on any atom is 0.306 e. The molecular weight excluding hydrogens is 350 g/mol. The average molecular weight is 366 g/mol. The Bertz CT molecular complexity index is 716. The molecule has 2 heterocycles. The number of ether oxygens (including phenoxy) is 1. The summed E-state index contributed by atoms with van der Waals surface area (Å²) in [6.07, 6.45) is 3.24. The number of esters is 1. The number of hydrogen-bond acceptors (Lipinski definition) is 6. The molecule has 0 unspecified atom stereocenters. The van der Waals surface area contributed by atoms with E-state index in [0.717, 1.165) is 0 Å². The zero-order valence-corrected chi connectivity index (χ0v) is 13.9. The fourth-order valence-electron chi connectivity index (χ4n) is 1.78. The van der Waals surface area contributed by atoms with E-state index in [1.165, 1.54) is 24.6 Å². The van der Waals surface area contributed by atoms with Crippen LogP contribution in [0.3, 0.4) is 0 Å². The standard InChI is InChI=1S/C16H16ClN3O5/c17-11-5-6-13(19-9-11)20-14(21)10-25-15(22)4-1-7-18-16(23)12-3-2-8-24-12/h2-3,5-6,8-9H,1,4,7,10H2,(H,18,23)(H,19,20,21). The molecule has 0 aliphatic heterocycles. The van der Waals surface area contributed by atoms with Gasteiger partial charge >= 0.3 is 5.97 Å². The van der Waals surface area contributed by atoms with Crippen molar-refractivity contribution in [2.45, 2.75) is 12.8 Å². The first-order valence-electron chi connectivity index (χ1n) is 7.43. The second-order valence-electron chi connectivity index (χ2n) is 4.91. The van der Waals surface area contributed by atoms with Crippen molar-refractivity contribution in [1.29, 1.82) is 0 Å². The second-order valence-corrected chi connectivity index (χ2v) is 5.34. The number of halogens is 1. The Hall–Kier alpha value is -2.87. The van der Waals surface area contributed by atoms with Crippen LogP contribution in [0, 0.1) is 0 Å². The van der Waals surface area contributed by atoms with Gasteiger partial charge in [0.15, 0.2) is 12.4 Å². The molecule has 0 fully saturated rings. The van der Waals surface area contributed by atoms with Crippen molar-refractivity contribution < 1.29 is 23.5 Å². The molecule has 0 aromatic carbocycles. The molecule has 2 N–H and O–H groups in total. The molecular formula is C16H16ClN3O5. The van der Waals surface area contributed by atoms with E-state index in [-0.39, 0.29) is 24.6 Å². The Kier molecular flexibility index (Phi) is 6.97. The normalized spacial score (nSPS) is 10.1.